The molecule has 6 nitrogen and oxygen atoms in total. The van der Waals surface area contributed by atoms with Gasteiger partial charge in [-0.2, -0.15) is 5.10 Å². The maximum atomic E-state index is 13.3. The number of sulfonamides is 1. The van der Waals surface area contributed by atoms with Gasteiger partial charge >= 0.3 is 0 Å². The van der Waals surface area contributed by atoms with E-state index < -0.39 is 15.8 Å². The molecule has 90 valence electrons. The van der Waals surface area contributed by atoms with Gasteiger partial charge in [-0.1, -0.05) is 0 Å². The van der Waals surface area contributed by atoms with Crippen molar-refractivity contribution in [3.8, 4) is 5.75 Å². The molecule has 0 aliphatic heterocycles. The Morgan fingerprint density at radius 2 is 2.18 bits per heavy atom. The summed E-state index contributed by atoms with van der Waals surface area (Å²) in [6.45, 7) is 0. The zero-order valence-corrected chi connectivity index (χ0v) is 9.20. The molecule has 0 atom stereocenters. The first-order valence-electron chi connectivity index (χ1n) is 4.49. The first-order chi connectivity index (χ1) is 7.99. The smallest absolute Gasteiger partial charge is 0.265 e. The summed E-state index contributed by atoms with van der Waals surface area (Å²) < 4.78 is 38.8. The van der Waals surface area contributed by atoms with E-state index in [1.54, 1.807) is 0 Å². The Labute approximate surface area is 96.2 Å². The van der Waals surface area contributed by atoms with Crippen molar-refractivity contribution >= 4 is 15.7 Å². The van der Waals surface area contributed by atoms with E-state index >= 15 is 0 Å². The predicted molar refractivity (Wildman–Crippen MR) is 57.5 cm³/mol. The van der Waals surface area contributed by atoms with Gasteiger partial charge in [-0.3, -0.25) is 9.82 Å². The Morgan fingerprint density at radius 1 is 1.41 bits per heavy atom. The van der Waals surface area contributed by atoms with Crippen LogP contribution in [0.2, 0.25) is 0 Å². The second kappa shape index (κ2) is 4.06. The summed E-state index contributed by atoms with van der Waals surface area (Å²) in [5.74, 6) is -1.15. The predicted octanol–water partition coefficient (Wildman–Crippen LogP) is 1.06. The number of aromatic hydroxyl groups is 1. The molecule has 3 N–H and O–H groups in total. The summed E-state index contributed by atoms with van der Waals surface area (Å²) >= 11 is 0. The van der Waals surface area contributed by atoms with Crippen LogP contribution in [0.1, 0.15) is 0 Å². The third-order valence-corrected chi connectivity index (χ3v) is 3.31. The SMILES string of the molecule is O=S(=O)(Nc1ccc(O)cc1F)c1cn[nH]c1. The lowest BCUT2D eigenvalue weighted by Gasteiger charge is -2.07. The van der Waals surface area contributed by atoms with Crippen molar-refractivity contribution in [2.24, 2.45) is 0 Å². The Kier molecular flexibility index (Phi) is 2.72. The fourth-order valence-electron chi connectivity index (χ4n) is 1.18. The average Bonchev–Trinajstić information content (AvgIpc) is 2.76. The third-order valence-electron chi connectivity index (χ3n) is 1.98. The number of rotatable bonds is 3. The summed E-state index contributed by atoms with van der Waals surface area (Å²) in [6, 6.07) is 3.12. The molecule has 0 spiro atoms. The van der Waals surface area contributed by atoms with E-state index in [4.69, 9.17) is 5.11 Å². The molecule has 0 fully saturated rings. The molecule has 0 bridgehead atoms. The van der Waals surface area contributed by atoms with E-state index in [1.165, 1.54) is 12.3 Å². The molecule has 1 heterocycles. The van der Waals surface area contributed by atoms with Gasteiger partial charge in [0.05, 0.1) is 11.9 Å². The highest BCUT2D eigenvalue weighted by Crippen LogP contribution is 2.22. The standard InChI is InChI=1S/C9H8FN3O3S/c10-8-3-6(14)1-2-9(8)13-17(15,16)7-4-11-12-5-7/h1-5,13-14H,(H,11,12). The molecule has 0 aliphatic rings. The molecule has 0 radical (unpaired) electrons. The topological polar surface area (TPSA) is 95.1 Å². The molecule has 17 heavy (non-hydrogen) atoms. The van der Waals surface area contributed by atoms with Crippen molar-refractivity contribution in [2.75, 3.05) is 4.72 Å². The molecule has 0 aliphatic carbocycles. The van der Waals surface area contributed by atoms with Crippen molar-refractivity contribution < 1.29 is 17.9 Å². The van der Waals surface area contributed by atoms with Crippen molar-refractivity contribution in [3.63, 3.8) is 0 Å². The van der Waals surface area contributed by atoms with E-state index in [9.17, 15) is 12.8 Å². The van der Waals surface area contributed by atoms with Crippen LogP contribution in [-0.2, 0) is 10.0 Å². The number of hydrogen-bond donors (Lipinski definition) is 3. The number of halogens is 1. The maximum absolute atomic E-state index is 13.3. The van der Waals surface area contributed by atoms with Gasteiger partial charge in [0.25, 0.3) is 10.0 Å². The molecule has 0 saturated heterocycles. The van der Waals surface area contributed by atoms with Crippen molar-refractivity contribution in [3.05, 3.63) is 36.4 Å². The minimum Gasteiger partial charge on any atom is -0.508 e. The summed E-state index contributed by atoms with van der Waals surface area (Å²) in [6.07, 6.45) is 2.27. The number of H-pyrrole nitrogens is 1. The van der Waals surface area contributed by atoms with Crippen LogP contribution in [0.4, 0.5) is 10.1 Å². The van der Waals surface area contributed by atoms with Crippen LogP contribution < -0.4 is 4.72 Å². The molecule has 2 aromatic rings. The van der Waals surface area contributed by atoms with Crippen molar-refractivity contribution in [1.29, 1.82) is 0 Å². The number of aromatic nitrogens is 2. The lowest BCUT2D eigenvalue weighted by molar-refractivity contribution is 0.469. The number of phenols is 1. The largest absolute Gasteiger partial charge is 0.508 e. The molecular weight excluding hydrogens is 249 g/mol. The number of benzene rings is 1. The van der Waals surface area contributed by atoms with E-state index in [-0.39, 0.29) is 16.3 Å². The summed E-state index contributed by atoms with van der Waals surface area (Å²) in [5.41, 5.74) is -0.246. The van der Waals surface area contributed by atoms with E-state index in [0.29, 0.717) is 0 Å². The molecular formula is C9H8FN3O3S. The number of nitrogens with zero attached hydrogens (tertiary/aromatic N) is 1. The Morgan fingerprint density at radius 3 is 2.76 bits per heavy atom. The van der Waals surface area contributed by atoms with Crippen LogP contribution in [0, 0.1) is 5.82 Å². The Balaban J connectivity index is 2.33. The highest BCUT2D eigenvalue weighted by Gasteiger charge is 2.17. The van der Waals surface area contributed by atoms with Gasteiger partial charge < -0.3 is 5.11 Å². The van der Waals surface area contributed by atoms with Gasteiger partial charge in [0, 0.05) is 12.3 Å². The fraction of sp³-hybridized carbons (Fsp3) is 0. The second-order valence-electron chi connectivity index (χ2n) is 3.20. The lowest BCUT2D eigenvalue weighted by Crippen LogP contribution is -2.13. The molecule has 2 rings (SSSR count). The van der Waals surface area contributed by atoms with Crippen LogP contribution in [-0.4, -0.2) is 23.7 Å². The highest BCUT2D eigenvalue weighted by atomic mass is 32.2. The van der Waals surface area contributed by atoms with Gasteiger partial charge in [-0.05, 0) is 12.1 Å². The number of phenolic OH excluding ortho intramolecular Hbond substituents is 1. The van der Waals surface area contributed by atoms with Crippen LogP contribution in [0.15, 0.2) is 35.5 Å². The van der Waals surface area contributed by atoms with E-state index in [0.717, 1.165) is 18.3 Å². The monoisotopic (exact) mass is 257 g/mol. The van der Waals surface area contributed by atoms with Crippen molar-refractivity contribution in [1.82, 2.24) is 10.2 Å². The van der Waals surface area contributed by atoms with Gasteiger partial charge in [-0.25, -0.2) is 12.8 Å². The summed E-state index contributed by atoms with van der Waals surface area (Å²) in [7, 11) is -3.87. The van der Waals surface area contributed by atoms with Gasteiger partial charge in [0.2, 0.25) is 0 Å². The average molecular weight is 257 g/mol. The zero-order chi connectivity index (χ0) is 12.5. The Bertz CT molecular complexity index is 625. The van der Waals surface area contributed by atoms with Crippen LogP contribution in [0.3, 0.4) is 0 Å². The van der Waals surface area contributed by atoms with Gasteiger partial charge in [-0.15, -0.1) is 0 Å². The van der Waals surface area contributed by atoms with Crippen LogP contribution in [0.25, 0.3) is 0 Å². The normalized spacial score (nSPS) is 11.4. The zero-order valence-electron chi connectivity index (χ0n) is 8.38. The van der Waals surface area contributed by atoms with Crippen LogP contribution >= 0.6 is 0 Å². The lowest BCUT2D eigenvalue weighted by atomic mass is 10.3. The first-order valence-corrected chi connectivity index (χ1v) is 5.97. The molecule has 1 aromatic carbocycles. The first kappa shape index (κ1) is 11.4. The van der Waals surface area contributed by atoms with Gasteiger partial charge in [0.15, 0.2) is 5.82 Å². The molecule has 0 unspecified atom stereocenters. The number of hydrogen-bond acceptors (Lipinski definition) is 4. The maximum Gasteiger partial charge on any atom is 0.265 e. The summed E-state index contributed by atoms with van der Waals surface area (Å²) in [4.78, 5) is -0.107. The van der Waals surface area contributed by atoms with Crippen molar-refractivity contribution in [2.45, 2.75) is 4.90 Å². The molecule has 0 amide bonds. The molecule has 1 aromatic heterocycles. The molecule has 0 saturated carbocycles. The highest BCUT2D eigenvalue weighted by molar-refractivity contribution is 7.92. The Hall–Kier alpha value is -2.09. The third kappa shape index (κ3) is 2.36. The quantitative estimate of drug-likeness (QED) is 0.716. The number of aromatic amines is 1. The summed E-state index contributed by atoms with van der Waals surface area (Å²) in [5, 5.41) is 14.8. The van der Waals surface area contributed by atoms with Gasteiger partial charge in [0.1, 0.15) is 10.6 Å². The minimum absolute atomic E-state index is 0.107. The number of anilines is 1. The second-order valence-corrected chi connectivity index (χ2v) is 4.89. The van der Waals surface area contributed by atoms with E-state index in [1.807, 2.05) is 4.72 Å². The van der Waals surface area contributed by atoms with E-state index in [2.05, 4.69) is 10.2 Å². The number of nitrogens with one attached hydrogen (secondary N) is 2. The van der Waals surface area contributed by atoms with Crippen LogP contribution in [0.5, 0.6) is 5.75 Å². The molecule has 8 heteroatoms. The fourth-order valence-corrected chi connectivity index (χ4v) is 2.15. The minimum atomic E-state index is -3.87.